The van der Waals surface area contributed by atoms with Gasteiger partial charge in [-0.15, -0.1) is 11.3 Å². The lowest BCUT2D eigenvalue weighted by Gasteiger charge is -2.30. The number of halogens is 2. The van der Waals surface area contributed by atoms with Crippen LogP contribution in [0.4, 0.5) is 0 Å². The number of thiophene rings is 1. The molecule has 1 atom stereocenters. The van der Waals surface area contributed by atoms with Crippen LogP contribution in [-0.4, -0.2) is 9.67 Å². The summed E-state index contributed by atoms with van der Waals surface area (Å²) in [6.45, 7) is 0. The number of aromatic nitrogens is 1. The lowest BCUT2D eigenvalue weighted by atomic mass is 9.85. The van der Waals surface area contributed by atoms with Gasteiger partial charge in [0.25, 0.3) is 5.56 Å². The Morgan fingerprint density at radius 3 is 2.85 bits per heavy atom. The first-order valence-corrected chi connectivity index (χ1v) is 13.2. The van der Waals surface area contributed by atoms with Crippen LogP contribution in [0, 0.1) is 0 Å². The molecule has 2 aliphatic rings. The number of rotatable bonds is 2. The van der Waals surface area contributed by atoms with Gasteiger partial charge in [0.1, 0.15) is 5.75 Å². The molecule has 0 saturated carbocycles. The number of phenolic OH excluding ortho intramolecular Hbond substituents is 1. The van der Waals surface area contributed by atoms with E-state index >= 15 is 0 Å². The van der Waals surface area contributed by atoms with Gasteiger partial charge in [0.2, 0.25) is 0 Å². The minimum absolute atomic E-state index is 0.0475. The number of fused-ring (bicyclic) bond motifs is 3. The van der Waals surface area contributed by atoms with Gasteiger partial charge in [0, 0.05) is 20.5 Å². The number of thiazole rings is 1. The molecule has 2 aromatic carbocycles. The van der Waals surface area contributed by atoms with Crippen molar-refractivity contribution in [1.29, 1.82) is 0 Å². The Bertz CT molecular complexity index is 1630. The standard InChI is InChI=1S/C25H16BrClN2O2S2/c26-15-10-14(23(30)18(27)12-15)11-20-24(31)29-22(19-6-3-9-32-19)17-8-7-13-4-1-2-5-16(13)21(17)28-25(29)33-20/h1-6,9-12,22,30H,7-8H2/b20-11-/t22-/m0/s1. The number of benzene rings is 2. The fourth-order valence-electron chi connectivity index (χ4n) is 4.56. The van der Waals surface area contributed by atoms with Crippen molar-refractivity contribution < 1.29 is 5.11 Å². The van der Waals surface area contributed by atoms with Crippen LogP contribution < -0.4 is 14.9 Å². The van der Waals surface area contributed by atoms with E-state index in [-0.39, 0.29) is 22.4 Å². The second-order valence-corrected chi connectivity index (χ2v) is 11.3. The van der Waals surface area contributed by atoms with Crippen LogP contribution in [-0.2, 0) is 6.42 Å². The van der Waals surface area contributed by atoms with E-state index < -0.39 is 0 Å². The van der Waals surface area contributed by atoms with Gasteiger partial charge in [-0.1, -0.05) is 69.2 Å². The van der Waals surface area contributed by atoms with Gasteiger partial charge in [0.15, 0.2) is 4.80 Å². The van der Waals surface area contributed by atoms with Gasteiger partial charge in [-0.25, -0.2) is 4.99 Å². The van der Waals surface area contributed by atoms with Crippen molar-refractivity contribution in [3.05, 3.63) is 110 Å². The van der Waals surface area contributed by atoms with Gasteiger partial charge < -0.3 is 5.11 Å². The molecular formula is C25H16BrClN2O2S2. The number of aromatic hydroxyl groups is 1. The topological polar surface area (TPSA) is 54.6 Å². The molecule has 0 saturated heterocycles. The lowest BCUT2D eigenvalue weighted by molar-refractivity contribution is 0.474. The van der Waals surface area contributed by atoms with E-state index in [1.54, 1.807) is 29.5 Å². The van der Waals surface area contributed by atoms with Crippen LogP contribution in [0.15, 0.2) is 73.7 Å². The van der Waals surface area contributed by atoms with Crippen molar-refractivity contribution in [1.82, 2.24) is 4.57 Å². The first kappa shape index (κ1) is 21.1. The molecule has 164 valence electrons. The van der Waals surface area contributed by atoms with Crippen molar-refractivity contribution in [2.75, 3.05) is 0 Å². The summed E-state index contributed by atoms with van der Waals surface area (Å²) < 4.78 is 3.05. The molecule has 0 unspecified atom stereocenters. The summed E-state index contributed by atoms with van der Waals surface area (Å²) in [5.74, 6) is -0.0475. The van der Waals surface area contributed by atoms with E-state index in [0.717, 1.165) is 33.5 Å². The second kappa shape index (κ2) is 8.09. The molecule has 4 nitrogen and oxygen atoms in total. The summed E-state index contributed by atoms with van der Waals surface area (Å²) in [4.78, 5) is 20.5. The number of nitrogens with zero attached hydrogens (tertiary/aromatic N) is 2. The quantitative estimate of drug-likeness (QED) is 0.355. The fraction of sp³-hybridized carbons (Fsp3) is 0.120. The maximum absolute atomic E-state index is 13.7. The van der Waals surface area contributed by atoms with Crippen molar-refractivity contribution in [3.63, 3.8) is 0 Å². The van der Waals surface area contributed by atoms with E-state index in [9.17, 15) is 9.90 Å². The molecule has 8 heteroatoms. The SMILES string of the molecule is O=c1/c(=C/c2cc(Br)cc(Cl)c2O)sc2n1[C@H](c1cccs1)C1=C(N=2)c2ccccc2CC1. The predicted molar refractivity (Wildman–Crippen MR) is 138 cm³/mol. The van der Waals surface area contributed by atoms with E-state index in [1.807, 2.05) is 22.1 Å². The molecule has 33 heavy (non-hydrogen) atoms. The van der Waals surface area contributed by atoms with Crippen molar-refractivity contribution >= 4 is 62.0 Å². The molecule has 6 rings (SSSR count). The monoisotopic (exact) mass is 554 g/mol. The van der Waals surface area contributed by atoms with Crippen LogP contribution in [0.2, 0.25) is 5.02 Å². The molecule has 2 aromatic heterocycles. The highest BCUT2D eigenvalue weighted by Gasteiger charge is 2.33. The Hall–Kier alpha value is -2.45. The lowest BCUT2D eigenvalue weighted by Crippen LogP contribution is -2.38. The summed E-state index contributed by atoms with van der Waals surface area (Å²) in [7, 11) is 0. The minimum Gasteiger partial charge on any atom is -0.506 e. The maximum Gasteiger partial charge on any atom is 0.271 e. The molecule has 4 aromatic rings. The van der Waals surface area contributed by atoms with Crippen LogP contribution >= 0.6 is 50.2 Å². The number of allylic oxidation sites excluding steroid dienone is 1. The van der Waals surface area contributed by atoms with E-state index in [4.69, 9.17) is 16.6 Å². The first-order chi connectivity index (χ1) is 16.0. The zero-order valence-electron chi connectivity index (χ0n) is 17.1. The summed E-state index contributed by atoms with van der Waals surface area (Å²) in [6, 6.07) is 15.7. The third kappa shape index (κ3) is 3.46. The predicted octanol–water partition coefficient (Wildman–Crippen LogP) is 5.50. The highest BCUT2D eigenvalue weighted by Crippen LogP contribution is 2.42. The van der Waals surface area contributed by atoms with E-state index in [2.05, 4.69) is 40.2 Å². The van der Waals surface area contributed by atoms with Crippen LogP contribution in [0.1, 0.15) is 34.0 Å². The Morgan fingerprint density at radius 1 is 1.18 bits per heavy atom. The van der Waals surface area contributed by atoms with Crippen LogP contribution in [0.3, 0.4) is 0 Å². The molecule has 0 radical (unpaired) electrons. The molecule has 0 amide bonds. The van der Waals surface area contributed by atoms with Gasteiger partial charge in [-0.2, -0.15) is 0 Å². The Labute approximate surface area is 210 Å². The minimum atomic E-state index is -0.175. The Balaban J connectivity index is 1.63. The smallest absolute Gasteiger partial charge is 0.271 e. The highest BCUT2D eigenvalue weighted by atomic mass is 79.9. The molecule has 0 fully saturated rings. The largest absolute Gasteiger partial charge is 0.506 e. The second-order valence-electron chi connectivity index (χ2n) is 7.95. The van der Waals surface area contributed by atoms with Crippen LogP contribution in [0.5, 0.6) is 5.75 Å². The Morgan fingerprint density at radius 2 is 2.03 bits per heavy atom. The Kier molecular flexibility index (Phi) is 5.18. The molecule has 1 aliphatic carbocycles. The van der Waals surface area contributed by atoms with Crippen molar-refractivity contribution in [2.24, 2.45) is 4.99 Å². The third-order valence-corrected chi connectivity index (χ3v) is 8.68. The molecule has 1 aliphatic heterocycles. The fourth-order valence-corrected chi connectivity index (χ4v) is 7.23. The first-order valence-electron chi connectivity index (χ1n) is 10.4. The number of aryl methyl sites for hydroxylation is 1. The molecule has 3 heterocycles. The van der Waals surface area contributed by atoms with Crippen LogP contribution in [0.25, 0.3) is 11.8 Å². The zero-order valence-corrected chi connectivity index (χ0v) is 21.1. The molecular weight excluding hydrogens is 540 g/mol. The highest BCUT2D eigenvalue weighted by molar-refractivity contribution is 9.10. The average Bonchev–Trinajstić information content (AvgIpc) is 3.44. The zero-order chi connectivity index (χ0) is 22.7. The average molecular weight is 556 g/mol. The number of hydrogen-bond donors (Lipinski definition) is 1. The molecule has 1 N–H and O–H groups in total. The molecule has 0 bridgehead atoms. The van der Waals surface area contributed by atoms with E-state index in [1.165, 1.54) is 22.5 Å². The normalized spacial score (nSPS) is 17.4. The summed E-state index contributed by atoms with van der Waals surface area (Å²) in [5.41, 5.74) is 4.98. The van der Waals surface area contributed by atoms with Gasteiger partial charge in [-0.05, 0) is 53.6 Å². The third-order valence-electron chi connectivity index (χ3n) is 6.03. The van der Waals surface area contributed by atoms with E-state index in [0.29, 0.717) is 14.9 Å². The van der Waals surface area contributed by atoms with Crippen molar-refractivity contribution in [2.45, 2.75) is 18.9 Å². The van der Waals surface area contributed by atoms with Gasteiger partial charge in [-0.3, -0.25) is 9.36 Å². The maximum atomic E-state index is 13.7. The van der Waals surface area contributed by atoms with Gasteiger partial charge in [0.05, 0.1) is 21.3 Å². The molecule has 0 spiro atoms. The number of phenols is 1. The summed E-state index contributed by atoms with van der Waals surface area (Å²) >= 11 is 12.5. The van der Waals surface area contributed by atoms with Gasteiger partial charge >= 0.3 is 0 Å². The summed E-state index contributed by atoms with van der Waals surface area (Å²) in [5, 5.41) is 12.7. The van der Waals surface area contributed by atoms with Crippen molar-refractivity contribution in [3.8, 4) is 5.75 Å². The summed E-state index contributed by atoms with van der Waals surface area (Å²) in [6.07, 6.45) is 3.49. The number of hydrogen-bond acceptors (Lipinski definition) is 5.